The molecule has 2 unspecified atom stereocenters. The molecule has 1 aliphatic rings. The number of rotatable bonds is 2. The molecule has 1 amide bonds. The first kappa shape index (κ1) is 12.8. The lowest BCUT2D eigenvalue weighted by molar-refractivity contribution is -0.125. The molecule has 6 heteroatoms. The number of aliphatic hydroxyl groups excluding tert-OH is 2. The standard InChI is InChI=1S/C11H12BrNO3S/c12-10-3-1-7(17-10)2-4-11(16)13-5-8(14)9(15)6-13/h1-4,8-9,14-15H,5-6H2/b4-2+. The summed E-state index contributed by atoms with van der Waals surface area (Å²) in [5.41, 5.74) is 0. The van der Waals surface area contributed by atoms with Gasteiger partial charge in [0.05, 0.1) is 16.0 Å². The largest absolute Gasteiger partial charge is 0.388 e. The average molecular weight is 318 g/mol. The molecule has 0 radical (unpaired) electrons. The van der Waals surface area contributed by atoms with E-state index in [1.165, 1.54) is 22.3 Å². The summed E-state index contributed by atoms with van der Waals surface area (Å²) in [6.07, 6.45) is 1.53. The molecule has 1 fully saturated rings. The predicted molar refractivity (Wildman–Crippen MR) is 69.6 cm³/mol. The molecule has 0 spiro atoms. The number of nitrogens with zero attached hydrogens (tertiary/aromatic N) is 1. The van der Waals surface area contributed by atoms with Gasteiger partial charge in [-0.05, 0) is 34.1 Å². The normalized spacial score (nSPS) is 24.8. The number of aliphatic hydroxyl groups is 2. The van der Waals surface area contributed by atoms with E-state index in [1.54, 1.807) is 6.08 Å². The van der Waals surface area contributed by atoms with Gasteiger partial charge in [-0.25, -0.2) is 0 Å². The van der Waals surface area contributed by atoms with Gasteiger partial charge in [-0.2, -0.15) is 0 Å². The Bertz CT molecular complexity index is 436. The van der Waals surface area contributed by atoms with Crippen molar-refractivity contribution in [3.63, 3.8) is 0 Å². The topological polar surface area (TPSA) is 60.8 Å². The Morgan fingerprint density at radius 1 is 1.41 bits per heavy atom. The van der Waals surface area contributed by atoms with E-state index in [-0.39, 0.29) is 19.0 Å². The van der Waals surface area contributed by atoms with Gasteiger partial charge in [0.1, 0.15) is 0 Å². The van der Waals surface area contributed by atoms with Crippen LogP contribution in [0.1, 0.15) is 4.88 Å². The van der Waals surface area contributed by atoms with E-state index >= 15 is 0 Å². The van der Waals surface area contributed by atoms with E-state index in [0.717, 1.165) is 8.66 Å². The zero-order valence-electron chi connectivity index (χ0n) is 8.91. The van der Waals surface area contributed by atoms with Crippen LogP contribution in [0.25, 0.3) is 6.08 Å². The number of amides is 1. The van der Waals surface area contributed by atoms with Crippen LogP contribution in [0.4, 0.5) is 0 Å². The number of β-amino-alcohol motifs (C(OH)–C–C–N with tert-alkyl or cyclic N) is 2. The van der Waals surface area contributed by atoms with Crippen LogP contribution in [0.2, 0.25) is 0 Å². The Labute approximate surface area is 111 Å². The van der Waals surface area contributed by atoms with Gasteiger partial charge in [-0.1, -0.05) is 0 Å². The van der Waals surface area contributed by atoms with Gasteiger partial charge in [0, 0.05) is 24.0 Å². The van der Waals surface area contributed by atoms with Gasteiger partial charge in [-0.15, -0.1) is 11.3 Å². The molecule has 0 saturated carbocycles. The van der Waals surface area contributed by atoms with E-state index in [4.69, 9.17) is 0 Å². The predicted octanol–water partition coefficient (Wildman–Crippen LogP) is 1.09. The van der Waals surface area contributed by atoms with Crippen LogP contribution in [0.5, 0.6) is 0 Å². The molecular weight excluding hydrogens is 306 g/mol. The maximum atomic E-state index is 11.7. The van der Waals surface area contributed by atoms with E-state index in [2.05, 4.69) is 15.9 Å². The van der Waals surface area contributed by atoms with Crippen LogP contribution in [0.15, 0.2) is 22.0 Å². The van der Waals surface area contributed by atoms with Gasteiger partial charge in [0.15, 0.2) is 0 Å². The fourth-order valence-electron chi connectivity index (χ4n) is 1.63. The molecule has 2 rings (SSSR count). The zero-order valence-corrected chi connectivity index (χ0v) is 11.3. The summed E-state index contributed by atoms with van der Waals surface area (Å²) in [5, 5.41) is 18.7. The second-order valence-electron chi connectivity index (χ2n) is 3.85. The number of carbonyl (C=O) groups excluding carboxylic acids is 1. The van der Waals surface area contributed by atoms with Crippen LogP contribution in [0.3, 0.4) is 0 Å². The summed E-state index contributed by atoms with van der Waals surface area (Å²) in [4.78, 5) is 14.1. The summed E-state index contributed by atoms with van der Waals surface area (Å²) < 4.78 is 1.01. The number of likely N-dealkylation sites (tertiary alicyclic amines) is 1. The summed E-state index contributed by atoms with van der Waals surface area (Å²) in [6.45, 7) is 0.386. The van der Waals surface area contributed by atoms with E-state index in [1.807, 2.05) is 12.1 Å². The van der Waals surface area contributed by atoms with E-state index < -0.39 is 12.2 Å². The third-order valence-electron chi connectivity index (χ3n) is 2.55. The maximum Gasteiger partial charge on any atom is 0.246 e. The van der Waals surface area contributed by atoms with Crippen molar-refractivity contribution in [2.75, 3.05) is 13.1 Å². The molecule has 1 aromatic heterocycles. The van der Waals surface area contributed by atoms with Crippen molar-refractivity contribution in [3.05, 3.63) is 26.9 Å². The Balaban J connectivity index is 1.96. The molecule has 0 bridgehead atoms. The first-order valence-electron chi connectivity index (χ1n) is 5.15. The van der Waals surface area contributed by atoms with E-state index in [0.29, 0.717) is 0 Å². The van der Waals surface area contributed by atoms with Crippen molar-refractivity contribution in [2.24, 2.45) is 0 Å². The van der Waals surface area contributed by atoms with Gasteiger partial charge >= 0.3 is 0 Å². The van der Waals surface area contributed by atoms with Crippen molar-refractivity contribution >= 4 is 39.2 Å². The molecule has 2 atom stereocenters. The fourth-order valence-corrected chi connectivity index (χ4v) is 2.95. The third-order valence-corrected chi connectivity index (χ3v) is 4.14. The summed E-state index contributed by atoms with van der Waals surface area (Å²) in [7, 11) is 0. The van der Waals surface area contributed by atoms with Crippen LogP contribution in [0, 0.1) is 0 Å². The van der Waals surface area contributed by atoms with Gasteiger partial charge in [0.25, 0.3) is 0 Å². The zero-order chi connectivity index (χ0) is 12.4. The molecule has 1 saturated heterocycles. The number of thiophene rings is 1. The summed E-state index contributed by atoms with van der Waals surface area (Å²) in [5.74, 6) is -0.190. The molecule has 0 aromatic carbocycles. The van der Waals surface area contributed by atoms with Crippen LogP contribution in [-0.4, -0.2) is 46.3 Å². The van der Waals surface area contributed by atoms with Crippen LogP contribution >= 0.6 is 27.3 Å². The molecule has 2 heterocycles. The number of hydrogen-bond donors (Lipinski definition) is 2. The molecule has 2 N–H and O–H groups in total. The smallest absolute Gasteiger partial charge is 0.246 e. The van der Waals surface area contributed by atoms with Crippen molar-refractivity contribution in [3.8, 4) is 0 Å². The highest BCUT2D eigenvalue weighted by molar-refractivity contribution is 9.11. The SMILES string of the molecule is O=C(/C=C/c1ccc(Br)s1)N1CC(O)C(O)C1. The maximum absolute atomic E-state index is 11.7. The lowest BCUT2D eigenvalue weighted by atomic mass is 10.3. The van der Waals surface area contributed by atoms with Crippen LogP contribution in [-0.2, 0) is 4.79 Å². The lowest BCUT2D eigenvalue weighted by Gasteiger charge is -2.11. The highest BCUT2D eigenvalue weighted by Crippen LogP contribution is 2.23. The van der Waals surface area contributed by atoms with Gasteiger partial charge in [0.2, 0.25) is 5.91 Å². The Kier molecular flexibility index (Phi) is 3.98. The number of carbonyl (C=O) groups is 1. The summed E-state index contributed by atoms with van der Waals surface area (Å²) >= 11 is 4.88. The summed E-state index contributed by atoms with van der Waals surface area (Å²) in [6, 6.07) is 3.82. The number of halogens is 1. The minimum absolute atomic E-state index is 0.190. The minimum atomic E-state index is -0.830. The first-order chi connectivity index (χ1) is 8.06. The minimum Gasteiger partial charge on any atom is -0.388 e. The molecule has 4 nitrogen and oxygen atoms in total. The van der Waals surface area contributed by atoms with Crippen molar-refractivity contribution in [1.29, 1.82) is 0 Å². The third kappa shape index (κ3) is 3.16. The molecule has 92 valence electrons. The Morgan fingerprint density at radius 2 is 2.06 bits per heavy atom. The molecule has 1 aromatic rings. The van der Waals surface area contributed by atoms with Gasteiger partial charge < -0.3 is 15.1 Å². The first-order valence-corrected chi connectivity index (χ1v) is 6.75. The molecule has 17 heavy (non-hydrogen) atoms. The lowest BCUT2D eigenvalue weighted by Crippen LogP contribution is -2.27. The number of hydrogen-bond acceptors (Lipinski definition) is 4. The van der Waals surface area contributed by atoms with Crippen molar-refractivity contribution < 1.29 is 15.0 Å². The van der Waals surface area contributed by atoms with Crippen LogP contribution < -0.4 is 0 Å². The monoisotopic (exact) mass is 317 g/mol. The quantitative estimate of drug-likeness (QED) is 0.803. The fraction of sp³-hybridized carbons (Fsp3) is 0.364. The van der Waals surface area contributed by atoms with E-state index in [9.17, 15) is 15.0 Å². The average Bonchev–Trinajstić information content (AvgIpc) is 2.83. The molecular formula is C11H12BrNO3S. The highest BCUT2D eigenvalue weighted by Gasteiger charge is 2.31. The second kappa shape index (κ2) is 5.30. The van der Waals surface area contributed by atoms with Crippen molar-refractivity contribution in [1.82, 2.24) is 4.90 Å². The highest BCUT2D eigenvalue weighted by atomic mass is 79.9. The van der Waals surface area contributed by atoms with Crippen molar-refractivity contribution in [2.45, 2.75) is 12.2 Å². The Hall–Kier alpha value is -0.690. The second-order valence-corrected chi connectivity index (χ2v) is 6.35. The Morgan fingerprint density at radius 3 is 2.59 bits per heavy atom. The molecule has 1 aliphatic heterocycles. The van der Waals surface area contributed by atoms with Gasteiger partial charge in [-0.3, -0.25) is 4.79 Å². The molecule has 0 aliphatic carbocycles.